The Morgan fingerprint density at radius 2 is 1.68 bits per heavy atom. The molecule has 0 saturated carbocycles. The van der Waals surface area contributed by atoms with Crippen LogP contribution in [0.1, 0.15) is 26.3 Å². The predicted molar refractivity (Wildman–Crippen MR) is 77.0 cm³/mol. The minimum absolute atomic E-state index is 0.0562. The SMILES string of the molecule is CCN(Cc1cc(OC)c(O)c(OC)c1)CC(C)C. The number of rotatable bonds is 7. The van der Waals surface area contributed by atoms with Gasteiger partial charge in [-0.2, -0.15) is 0 Å². The van der Waals surface area contributed by atoms with E-state index in [0.717, 1.165) is 25.2 Å². The topological polar surface area (TPSA) is 41.9 Å². The van der Waals surface area contributed by atoms with Gasteiger partial charge in [0.25, 0.3) is 0 Å². The van der Waals surface area contributed by atoms with Crippen molar-refractivity contribution in [3.8, 4) is 17.2 Å². The van der Waals surface area contributed by atoms with Crippen molar-refractivity contribution in [1.82, 2.24) is 4.90 Å². The zero-order valence-corrected chi connectivity index (χ0v) is 12.6. The monoisotopic (exact) mass is 267 g/mol. The van der Waals surface area contributed by atoms with Gasteiger partial charge in [-0.15, -0.1) is 0 Å². The van der Waals surface area contributed by atoms with Crippen LogP contribution in [0.15, 0.2) is 12.1 Å². The van der Waals surface area contributed by atoms with E-state index in [1.807, 2.05) is 12.1 Å². The van der Waals surface area contributed by atoms with Gasteiger partial charge in [-0.3, -0.25) is 4.90 Å². The number of aromatic hydroxyl groups is 1. The van der Waals surface area contributed by atoms with Gasteiger partial charge < -0.3 is 14.6 Å². The van der Waals surface area contributed by atoms with Crippen molar-refractivity contribution in [3.05, 3.63) is 17.7 Å². The van der Waals surface area contributed by atoms with Crippen LogP contribution in [-0.4, -0.2) is 37.3 Å². The van der Waals surface area contributed by atoms with E-state index in [4.69, 9.17) is 9.47 Å². The summed E-state index contributed by atoms with van der Waals surface area (Å²) in [5.74, 6) is 1.59. The van der Waals surface area contributed by atoms with Gasteiger partial charge in [0.1, 0.15) is 0 Å². The molecule has 0 unspecified atom stereocenters. The van der Waals surface area contributed by atoms with Gasteiger partial charge in [0.15, 0.2) is 11.5 Å². The molecule has 4 nitrogen and oxygen atoms in total. The van der Waals surface area contributed by atoms with Crippen LogP contribution in [0.4, 0.5) is 0 Å². The van der Waals surface area contributed by atoms with Gasteiger partial charge in [-0.25, -0.2) is 0 Å². The fourth-order valence-electron chi connectivity index (χ4n) is 2.12. The minimum Gasteiger partial charge on any atom is -0.502 e. The smallest absolute Gasteiger partial charge is 0.200 e. The van der Waals surface area contributed by atoms with Gasteiger partial charge in [-0.1, -0.05) is 20.8 Å². The van der Waals surface area contributed by atoms with Gasteiger partial charge in [0.05, 0.1) is 14.2 Å². The lowest BCUT2D eigenvalue weighted by molar-refractivity contribution is 0.247. The molecule has 4 heteroatoms. The minimum atomic E-state index is 0.0562. The summed E-state index contributed by atoms with van der Waals surface area (Å²) in [5.41, 5.74) is 1.08. The van der Waals surface area contributed by atoms with Crippen LogP contribution in [0.3, 0.4) is 0 Å². The largest absolute Gasteiger partial charge is 0.502 e. The molecule has 0 aliphatic rings. The molecule has 0 aliphatic heterocycles. The van der Waals surface area contributed by atoms with E-state index in [1.165, 1.54) is 0 Å². The number of hydrogen-bond donors (Lipinski definition) is 1. The summed E-state index contributed by atoms with van der Waals surface area (Å²) < 4.78 is 10.4. The molecule has 1 aromatic rings. The van der Waals surface area contributed by atoms with Crippen molar-refractivity contribution in [2.45, 2.75) is 27.3 Å². The summed E-state index contributed by atoms with van der Waals surface area (Å²) in [6, 6.07) is 3.72. The zero-order chi connectivity index (χ0) is 14.4. The second-order valence-electron chi connectivity index (χ2n) is 5.07. The first-order chi connectivity index (χ1) is 9.01. The quantitative estimate of drug-likeness (QED) is 0.825. The maximum absolute atomic E-state index is 9.89. The Morgan fingerprint density at radius 3 is 2.05 bits per heavy atom. The molecule has 0 aromatic heterocycles. The molecule has 108 valence electrons. The second kappa shape index (κ2) is 7.24. The lowest BCUT2D eigenvalue weighted by Crippen LogP contribution is -2.27. The van der Waals surface area contributed by atoms with Gasteiger partial charge in [-0.05, 0) is 30.2 Å². The summed E-state index contributed by atoms with van der Waals surface area (Å²) in [4.78, 5) is 2.36. The fourth-order valence-corrected chi connectivity index (χ4v) is 2.12. The molecule has 0 radical (unpaired) electrons. The number of nitrogens with zero attached hydrogens (tertiary/aromatic N) is 1. The van der Waals surface area contributed by atoms with Crippen LogP contribution in [0.5, 0.6) is 17.2 Å². The third-order valence-electron chi connectivity index (χ3n) is 3.02. The highest BCUT2D eigenvalue weighted by molar-refractivity contribution is 5.52. The Kier molecular flexibility index (Phi) is 5.96. The zero-order valence-electron chi connectivity index (χ0n) is 12.6. The van der Waals surface area contributed by atoms with E-state index >= 15 is 0 Å². The Labute approximate surface area is 115 Å². The standard InChI is InChI=1S/C15H25NO3/c1-6-16(9-11(2)3)10-12-7-13(18-4)15(17)14(8-12)19-5/h7-8,11,17H,6,9-10H2,1-5H3. The summed E-state index contributed by atoms with van der Waals surface area (Å²) in [7, 11) is 3.09. The van der Waals surface area contributed by atoms with E-state index in [0.29, 0.717) is 17.4 Å². The highest BCUT2D eigenvalue weighted by Crippen LogP contribution is 2.37. The highest BCUT2D eigenvalue weighted by atomic mass is 16.5. The molecule has 0 saturated heterocycles. The van der Waals surface area contributed by atoms with Crippen molar-refractivity contribution in [2.24, 2.45) is 5.92 Å². The third kappa shape index (κ3) is 4.31. The van der Waals surface area contributed by atoms with Crippen molar-refractivity contribution >= 4 is 0 Å². The molecule has 0 amide bonds. The Morgan fingerprint density at radius 1 is 1.16 bits per heavy atom. The number of ether oxygens (including phenoxy) is 2. The Hall–Kier alpha value is -1.42. The van der Waals surface area contributed by atoms with Crippen LogP contribution < -0.4 is 9.47 Å². The number of phenolic OH excluding ortho intramolecular Hbond substituents is 1. The van der Waals surface area contributed by atoms with Gasteiger partial charge in [0.2, 0.25) is 5.75 Å². The van der Waals surface area contributed by atoms with Crippen molar-refractivity contribution in [1.29, 1.82) is 0 Å². The van der Waals surface area contributed by atoms with Crippen LogP contribution in [0.25, 0.3) is 0 Å². The molecule has 0 atom stereocenters. The molecular weight excluding hydrogens is 242 g/mol. The van der Waals surface area contributed by atoms with Gasteiger partial charge >= 0.3 is 0 Å². The second-order valence-corrected chi connectivity index (χ2v) is 5.07. The Bertz CT molecular complexity index is 379. The summed E-state index contributed by atoms with van der Waals surface area (Å²) in [6.07, 6.45) is 0. The number of phenols is 1. The van der Waals surface area contributed by atoms with Crippen LogP contribution in [0.2, 0.25) is 0 Å². The van der Waals surface area contributed by atoms with E-state index in [1.54, 1.807) is 14.2 Å². The first kappa shape index (κ1) is 15.6. The summed E-state index contributed by atoms with van der Waals surface area (Å²) in [6.45, 7) is 9.42. The maximum Gasteiger partial charge on any atom is 0.200 e. The third-order valence-corrected chi connectivity index (χ3v) is 3.02. The van der Waals surface area contributed by atoms with Crippen LogP contribution >= 0.6 is 0 Å². The predicted octanol–water partition coefficient (Wildman–Crippen LogP) is 2.89. The van der Waals surface area contributed by atoms with E-state index in [9.17, 15) is 5.11 Å². The summed E-state index contributed by atoms with van der Waals surface area (Å²) in [5, 5.41) is 9.89. The normalized spacial score (nSPS) is 11.1. The number of methoxy groups -OCH3 is 2. The maximum atomic E-state index is 9.89. The van der Waals surface area contributed by atoms with E-state index in [-0.39, 0.29) is 5.75 Å². The summed E-state index contributed by atoms with van der Waals surface area (Å²) >= 11 is 0. The van der Waals surface area contributed by atoms with Gasteiger partial charge in [0, 0.05) is 13.1 Å². The van der Waals surface area contributed by atoms with E-state index < -0.39 is 0 Å². The molecule has 19 heavy (non-hydrogen) atoms. The number of benzene rings is 1. The molecule has 0 spiro atoms. The molecule has 0 heterocycles. The number of hydrogen-bond acceptors (Lipinski definition) is 4. The first-order valence-electron chi connectivity index (χ1n) is 6.68. The lowest BCUT2D eigenvalue weighted by Gasteiger charge is -2.23. The average molecular weight is 267 g/mol. The Balaban J connectivity index is 2.93. The molecule has 0 bridgehead atoms. The molecule has 1 aromatic carbocycles. The molecular formula is C15H25NO3. The van der Waals surface area contributed by atoms with Crippen LogP contribution in [-0.2, 0) is 6.54 Å². The fraction of sp³-hybridized carbons (Fsp3) is 0.600. The molecule has 1 rings (SSSR count). The van der Waals surface area contributed by atoms with E-state index in [2.05, 4.69) is 25.7 Å². The molecule has 0 fully saturated rings. The average Bonchev–Trinajstić information content (AvgIpc) is 2.39. The first-order valence-corrected chi connectivity index (χ1v) is 6.68. The molecule has 1 N–H and O–H groups in total. The molecule has 0 aliphatic carbocycles. The van der Waals surface area contributed by atoms with Crippen LogP contribution in [0, 0.1) is 5.92 Å². The van der Waals surface area contributed by atoms with Crippen molar-refractivity contribution in [2.75, 3.05) is 27.3 Å². The van der Waals surface area contributed by atoms with Crippen molar-refractivity contribution < 1.29 is 14.6 Å². The van der Waals surface area contributed by atoms with Crippen molar-refractivity contribution in [3.63, 3.8) is 0 Å². The lowest BCUT2D eigenvalue weighted by atomic mass is 10.1. The highest BCUT2D eigenvalue weighted by Gasteiger charge is 2.13.